The molecular formula is C13H14N4O2S. The number of nitrogens with zero attached hydrogens (tertiary/aromatic N) is 3. The molecule has 104 valence electrons. The normalized spacial score (nSPS) is 18.9. The molecule has 20 heavy (non-hydrogen) atoms. The zero-order chi connectivity index (χ0) is 13.9. The van der Waals surface area contributed by atoms with Crippen molar-refractivity contribution in [2.45, 2.75) is 18.9 Å². The van der Waals surface area contributed by atoms with Gasteiger partial charge in [0.05, 0.1) is 6.21 Å². The summed E-state index contributed by atoms with van der Waals surface area (Å²) < 4.78 is 7.62. The summed E-state index contributed by atoms with van der Waals surface area (Å²) in [5, 5.41) is 20.5. The average molecular weight is 290 g/mol. The second-order valence-electron chi connectivity index (χ2n) is 4.54. The van der Waals surface area contributed by atoms with Gasteiger partial charge in [0.25, 0.3) is 0 Å². The minimum absolute atomic E-state index is 0.0556. The Labute approximate surface area is 120 Å². The zero-order valence-electron chi connectivity index (χ0n) is 10.7. The predicted molar refractivity (Wildman–Crippen MR) is 76.4 cm³/mol. The summed E-state index contributed by atoms with van der Waals surface area (Å²) in [7, 11) is 0. The summed E-state index contributed by atoms with van der Waals surface area (Å²) in [6.07, 6.45) is 3.56. The van der Waals surface area contributed by atoms with E-state index in [0.717, 1.165) is 25.0 Å². The molecule has 1 aliphatic heterocycles. The molecule has 0 spiro atoms. The van der Waals surface area contributed by atoms with Crippen molar-refractivity contribution in [3.05, 3.63) is 40.4 Å². The van der Waals surface area contributed by atoms with Gasteiger partial charge in [-0.05, 0) is 54.9 Å². The molecule has 1 aromatic heterocycles. The number of benzene rings is 1. The number of rotatable bonds is 3. The van der Waals surface area contributed by atoms with Crippen molar-refractivity contribution in [3.8, 4) is 5.75 Å². The van der Waals surface area contributed by atoms with Crippen molar-refractivity contribution in [1.29, 1.82) is 0 Å². The van der Waals surface area contributed by atoms with Crippen molar-refractivity contribution >= 4 is 18.4 Å². The lowest BCUT2D eigenvalue weighted by Crippen LogP contribution is -2.05. The molecule has 3 rings (SSSR count). The third kappa shape index (κ3) is 2.63. The van der Waals surface area contributed by atoms with Crippen LogP contribution in [0.2, 0.25) is 0 Å². The van der Waals surface area contributed by atoms with Crippen LogP contribution in [0.1, 0.15) is 30.3 Å². The van der Waals surface area contributed by atoms with E-state index in [1.54, 1.807) is 35.2 Å². The van der Waals surface area contributed by atoms with E-state index in [2.05, 4.69) is 15.3 Å². The number of nitrogens with one attached hydrogen (secondary N) is 1. The molecule has 1 atom stereocenters. The molecular weight excluding hydrogens is 276 g/mol. The third-order valence-electron chi connectivity index (χ3n) is 3.11. The summed E-state index contributed by atoms with van der Waals surface area (Å²) in [5.41, 5.74) is 0.865. The minimum atomic E-state index is -0.0556. The highest BCUT2D eigenvalue weighted by atomic mass is 32.1. The smallest absolute Gasteiger partial charge is 0.216 e. The fraction of sp³-hybridized carbons (Fsp3) is 0.308. The van der Waals surface area contributed by atoms with Crippen LogP contribution in [0.3, 0.4) is 0 Å². The molecule has 0 bridgehead atoms. The second kappa shape index (κ2) is 5.56. The standard InChI is InChI=1S/C13H14N4O2S/c18-10-5-3-9(4-6-10)8-14-17-12(15-16-13(17)20)11-2-1-7-19-11/h3-6,8,11,18H,1-2,7H2,(H,16,20)/b14-8-. The van der Waals surface area contributed by atoms with Gasteiger partial charge in [-0.25, -0.2) is 0 Å². The van der Waals surface area contributed by atoms with E-state index in [1.807, 2.05) is 0 Å². The Hall–Kier alpha value is -1.99. The van der Waals surface area contributed by atoms with Crippen LogP contribution in [-0.4, -0.2) is 32.8 Å². The first kappa shape index (κ1) is 13.0. The van der Waals surface area contributed by atoms with Gasteiger partial charge in [0.2, 0.25) is 4.77 Å². The number of phenolic OH excluding ortho intramolecular Hbond substituents is 1. The topological polar surface area (TPSA) is 75.4 Å². The molecule has 1 unspecified atom stereocenters. The number of H-pyrrole nitrogens is 1. The first-order chi connectivity index (χ1) is 9.74. The maximum atomic E-state index is 9.24. The number of ether oxygens (including phenoxy) is 1. The third-order valence-corrected chi connectivity index (χ3v) is 3.37. The molecule has 2 aromatic rings. The molecule has 6 nitrogen and oxygen atoms in total. The molecule has 1 fully saturated rings. The van der Waals surface area contributed by atoms with E-state index in [1.165, 1.54) is 0 Å². The Kier molecular flexibility index (Phi) is 3.62. The van der Waals surface area contributed by atoms with Crippen molar-refractivity contribution in [1.82, 2.24) is 14.9 Å². The van der Waals surface area contributed by atoms with Crippen LogP contribution in [0, 0.1) is 4.77 Å². The summed E-state index contributed by atoms with van der Waals surface area (Å²) >= 11 is 5.18. The zero-order valence-corrected chi connectivity index (χ0v) is 11.5. The molecule has 0 amide bonds. The van der Waals surface area contributed by atoms with Gasteiger partial charge in [0.15, 0.2) is 5.82 Å². The Morgan fingerprint density at radius 1 is 1.45 bits per heavy atom. The molecule has 0 aliphatic carbocycles. The molecule has 2 heterocycles. The number of aromatic nitrogens is 3. The molecule has 0 radical (unpaired) electrons. The summed E-state index contributed by atoms with van der Waals surface area (Å²) in [5.74, 6) is 0.921. The molecule has 0 saturated carbocycles. The van der Waals surface area contributed by atoms with Gasteiger partial charge in [-0.15, -0.1) is 0 Å². The Balaban J connectivity index is 1.88. The molecule has 1 aliphatic rings. The molecule has 2 N–H and O–H groups in total. The monoisotopic (exact) mass is 290 g/mol. The second-order valence-corrected chi connectivity index (χ2v) is 4.92. The van der Waals surface area contributed by atoms with Crippen LogP contribution in [0.25, 0.3) is 0 Å². The van der Waals surface area contributed by atoms with Crippen molar-refractivity contribution < 1.29 is 9.84 Å². The van der Waals surface area contributed by atoms with Crippen molar-refractivity contribution in [2.75, 3.05) is 6.61 Å². The van der Waals surface area contributed by atoms with Crippen LogP contribution in [0.15, 0.2) is 29.4 Å². The number of hydrogen-bond donors (Lipinski definition) is 2. The fourth-order valence-electron chi connectivity index (χ4n) is 2.09. The van der Waals surface area contributed by atoms with E-state index >= 15 is 0 Å². The summed E-state index contributed by atoms with van der Waals surface area (Å²) in [6, 6.07) is 6.76. The Morgan fingerprint density at radius 3 is 2.95 bits per heavy atom. The van der Waals surface area contributed by atoms with Crippen molar-refractivity contribution in [2.24, 2.45) is 5.10 Å². The predicted octanol–water partition coefficient (Wildman–Crippen LogP) is 2.38. The fourth-order valence-corrected chi connectivity index (χ4v) is 2.28. The average Bonchev–Trinajstić information content (AvgIpc) is 3.08. The lowest BCUT2D eigenvalue weighted by molar-refractivity contribution is 0.102. The van der Waals surface area contributed by atoms with Gasteiger partial charge in [-0.3, -0.25) is 5.10 Å². The van der Waals surface area contributed by atoms with Crippen LogP contribution >= 0.6 is 12.2 Å². The molecule has 7 heteroatoms. The Morgan fingerprint density at radius 2 is 2.25 bits per heavy atom. The number of aromatic hydroxyl groups is 1. The van der Waals surface area contributed by atoms with Gasteiger partial charge in [-0.1, -0.05) is 0 Å². The van der Waals surface area contributed by atoms with Crippen LogP contribution in [0.4, 0.5) is 0 Å². The van der Waals surface area contributed by atoms with Crippen LogP contribution < -0.4 is 0 Å². The van der Waals surface area contributed by atoms with E-state index in [0.29, 0.717) is 10.6 Å². The number of hydrogen-bond acceptors (Lipinski definition) is 5. The summed E-state index contributed by atoms with van der Waals surface area (Å²) in [4.78, 5) is 0. The maximum absolute atomic E-state index is 9.24. The first-order valence-electron chi connectivity index (χ1n) is 6.36. The molecule has 1 aromatic carbocycles. The summed E-state index contributed by atoms with van der Waals surface area (Å²) in [6.45, 7) is 0.742. The van der Waals surface area contributed by atoms with E-state index in [4.69, 9.17) is 17.0 Å². The Bertz CT molecular complexity index is 668. The molecule has 1 saturated heterocycles. The van der Waals surface area contributed by atoms with E-state index in [9.17, 15) is 5.11 Å². The minimum Gasteiger partial charge on any atom is -0.508 e. The van der Waals surface area contributed by atoms with Gasteiger partial charge in [0.1, 0.15) is 11.9 Å². The highest BCUT2D eigenvalue weighted by Crippen LogP contribution is 2.26. The van der Waals surface area contributed by atoms with Gasteiger partial charge in [0, 0.05) is 6.61 Å². The SMILES string of the molecule is Oc1ccc(/C=N\n2c(C3CCCO3)n[nH]c2=S)cc1. The van der Waals surface area contributed by atoms with E-state index in [-0.39, 0.29) is 11.9 Å². The lowest BCUT2D eigenvalue weighted by atomic mass is 10.2. The number of phenols is 1. The first-order valence-corrected chi connectivity index (χ1v) is 6.77. The van der Waals surface area contributed by atoms with Crippen LogP contribution in [-0.2, 0) is 4.74 Å². The van der Waals surface area contributed by atoms with Crippen LogP contribution in [0.5, 0.6) is 5.75 Å². The number of aromatic amines is 1. The quantitative estimate of drug-likeness (QED) is 0.672. The maximum Gasteiger partial charge on any atom is 0.216 e. The lowest BCUT2D eigenvalue weighted by Gasteiger charge is -2.07. The highest BCUT2D eigenvalue weighted by Gasteiger charge is 2.23. The van der Waals surface area contributed by atoms with E-state index < -0.39 is 0 Å². The van der Waals surface area contributed by atoms with Gasteiger partial charge >= 0.3 is 0 Å². The van der Waals surface area contributed by atoms with Gasteiger partial charge in [-0.2, -0.15) is 14.9 Å². The van der Waals surface area contributed by atoms with Gasteiger partial charge < -0.3 is 9.84 Å². The van der Waals surface area contributed by atoms with Crippen molar-refractivity contribution in [3.63, 3.8) is 0 Å². The highest BCUT2D eigenvalue weighted by molar-refractivity contribution is 7.71. The largest absolute Gasteiger partial charge is 0.508 e.